The van der Waals surface area contributed by atoms with Crippen LogP contribution in [0.4, 0.5) is 5.82 Å². The molecule has 0 aliphatic heterocycles. The Bertz CT molecular complexity index is 671. The van der Waals surface area contributed by atoms with Gasteiger partial charge in [0.2, 0.25) is 0 Å². The van der Waals surface area contributed by atoms with Gasteiger partial charge >= 0.3 is 0 Å². The maximum absolute atomic E-state index is 12.3. The topological polar surface area (TPSA) is 54.5 Å². The van der Waals surface area contributed by atoms with Gasteiger partial charge in [0.15, 0.2) is 0 Å². The van der Waals surface area contributed by atoms with Crippen molar-refractivity contribution in [2.75, 3.05) is 32.6 Å². The smallest absolute Gasteiger partial charge is 0.255 e. The summed E-state index contributed by atoms with van der Waals surface area (Å²) in [6.45, 7) is 0.649. The number of unbranched alkanes of at least 4 members (excludes halogenated alkanes) is 1. The lowest BCUT2D eigenvalue weighted by atomic mass is 10.1. The molecule has 2 aromatic rings. The van der Waals surface area contributed by atoms with Crippen LogP contribution in [0.3, 0.4) is 0 Å². The lowest BCUT2D eigenvalue weighted by Crippen LogP contribution is -2.27. The van der Waals surface area contributed by atoms with Crippen LogP contribution in [-0.4, -0.2) is 38.6 Å². The first-order chi connectivity index (χ1) is 11.6. The van der Waals surface area contributed by atoms with E-state index in [1.165, 1.54) is 5.56 Å². The van der Waals surface area contributed by atoms with Crippen molar-refractivity contribution < 1.29 is 9.53 Å². The molecule has 1 heterocycles. The Morgan fingerprint density at radius 1 is 1.17 bits per heavy atom. The van der Waals surface area contributed by atoms with Crippen LogP contribution in [0.1, 0.15) is 28.8 Å². The number of hydrogen-bond donors (Lipinski definition) is 1. The number of amides is 1. The summed E-state index contributed by atoms with van der Waals surface area (Å²) in [4.78, 5) is 18.4. The highest BCUT2D eigenvalue weighted by molar-refractivity contribution is 5.98. The Hall–Kier alpha value is -2.56. The molecule has 0 unspecified atom stereocenters. The molecule has 0 spiro atoms. The van der Waals surface area contributed by atoms with Crippen LogP contribution in [0.25, 0.3) is 0 Å². The Morgan fingerprint density at radius 3 is 2.71 bits per heavy atom. The van der Waals surface area contributed by atoms with Gasteiger partial charge in [-0.25, -0.2) is 4.98 Å². The maximum Gasteiger partial charge on any atom is 0.255 e. The monoisotopic (exact) mass is 327 g/mol. The molecule has 0 aliphatic carbocycles. The molecule has 1 amide bonds. The number of anilines is 1. The summed E-state index contributed by atoms with van der Waals surface area (Å²) in [6, 6.07) is 11.6. The summed E-state index contributed by atoms with van der Waals surface area (Å²) < 4.78 is 5.35. The lowest BCUT2D eigenvalue weighted by molar-refractivity contribution is 0.0953. The van der Waals surface area contributed by atoms with Gasteiger partial charge in [0.05, 0.1) is 12.7 Å². The molecule has 1 N–H and O–H groups in total. The van der Waals surface area contributed by atoms with Crippen molar-refractivity contribution in [3.05, 3.63) is 53.7 Å². The van der Waals surface area contributed by atoms with Gasteiger partial charge < -0.3 is 15.0 Å². The van der Waals surface area contributed by atoms with Gasteiger partial charge in [0.1, 0.15) is 11.6 Å². The first kappa shape index (κ1) is 17.8. The summed E-state index contributed by atoms with van der Waals surface area (Å²) in [5.74, 6) is 1.53. The zero-order chi connectivity index (χ0) is 17.4. The number of carbonyl (C=O) groups is 1. The van der Waals surface area contributed by atoms with Gasteiger partial charge in [-0.3, -0.25) is 4.79 Å². The fourth-order valence-electron chi connectivity index (χ4n) is 2.58. The van der Waals surface area contributed by atoms with Crippen LogP contribution in [0.15, 0.2) is 42.6 Å². The summed E-state index contributed by atoms with van der Waals surface area (Å²) >= 11 is 0. The van der Waals surface area contributed by atoms with Crippen molar-refractivity contribution >= 4 is 11.7 Å². The predicted octanol–water partition coefficient (Wildman–Crippen LogP) is 2.91. The number of nitrogens with one attached hydrogen (secondary N) is 1. The van der Waals surface area contributed by atoms with Crippen molar-refractivity contribution in [1.29, 1.82) is 0 Å². The van der Waals surface area contributed by atoms with Crippen LogP contribution in [0.2, 0.25) is 0 Å². The minimum atomic E-state index is -0.0795. The molecule has 128 valence electrons. The number of aromatic nitrogens is 1. The van der Waals surface area contributed by atoms with E-state index in [4.69, 9.17) is 4.74 Å². The quantitative estimate of drug-likeness (QED) is 0.758. The lowest BCUT2D eigenvalue weighted by Gasteiger charge is -2.15. The SMILES string of the molecule is COc1ccccc1CCCCNC(=O)c1cccnc1N(C)C. The zero-order valence-electron chi connectivity index (χ0n) is 14.6. The number of ether oxygens (including phenoxy) is 1. The number of carbonyl (C=O) groups excluding carboxylic acids is 1. The first-order valence-electron chi connectivity index (χ1n) is 8.16. The Balaban J connectivity index is 1.79. The number of methoxy groups -OCH3 is 1. The first-order valence-corrected chi connectivity index (χ1v) is 8.16. The minimum absolute atomic E-state index is 0.0795. The fraction of sp³-hybridized carbons (Fsp3) is 0.368. The van der Waals surface area contributed by atoms with Crippen molar-refractivity contribution in [3.63, 3.8) is 0 Å². The Morgan fingerprint density at radius 2 is 1.96 bits per heavy atom. The Labute approximate surface area is 143 Å². The number of para-hydroxylation sites is 1. The molecular weight excluding hydrogens is 302 g/mol. The molecular formula is C19H25N3O2. The third-order valence-corrected chi connectivity index (χ3v) is 3.81. The van der Waals surface area contributed by atoms with Crippen LogP contribution in [0.5, 0.6) is 5.75 Å². The second kappa shape index (κ2) is 8.91. The van der Waals surface area contributed by atoms with Crippen LogP contribution in [0, 0.1) is 0 Å². The van der Waals surface area contributed by atoms with E-state index in [-0.39, 0.29) is 5.91 Å². The highest BCUT2D eigenvalue weighted by Gasteiger charge is 2.12. The highest BCUT2D eigenvalue weighted by Crippen LogP contribution is 2.19. The van der Waals surface area contributed by atoms with E-state index in [2.05, 4.69) is 16.4 Å². The molecule has 0 bridgehead atoms. The molecule has 0 fully saturated rings. The molecule has 0 aliphatic rings. The van der Waals surface area contributed by atoms with Crippen molar-refractivity contribution in [2.45, 2.75) is 19.3 Å². The normalized spacial score (nSPS) is 10.3. The molecule has 1 aromatic heterocycles. The standard InChI is InChI=1S/C19H25N3O2/c1-22(2)18-16(11-8-14-20-18)19(23)21-13-7-6-10-15-9-4-5-12-17(15)24-3/h4-5,8-9,11-12,14H,6-7,10,13H2,1-3H3,(H,21,23). The summed E-state index contributed by atoms with van der Waals surface area (Å²) in [5, 5.41) is 2.97. The van der Waals surface area contributed by atoms with Gasteiger partial charge in [0, 0.05) is 26.8 Å². The molecule has 1 aromatic carbocycles. The summed E-state index contributed by atoms with van der Waals surface area (Å²) in [5.41, 5.74) is 1.81. The molecule has 0 radical (unpaired) electrons. The third kappa shape index (κ3) is 4.72. The van der Waals surface area contributed by atoms with E-state index in [9.17, 15) is 4.79 Å². The summed E-state index contributed by atoms with van der Waals surface area (Å²) in [6.07, 6.45) is 4.55. The number of nitrogens with zero attached hydrogens (tertiary/aromatic N) is 2. The average molecular weight is 327 g/mol. The van der Waals surface area contributed by atoms with Crippen molar-refractivity contribution in [3.8, 4) is 5.75 Å². The van der Waals surface area contributed by atoms with Gasteiger partial charge in [0.25, 0.3) is 5.91 Å². The largest absolute Gasteiger partial charge is 0.496 e. The maximum atomic E-state index is 12.3. The fourth-order valence-corrected chi connectivity index (χ4v) is 2.58. The van der Waals surface area contributed by atoms with Crippen LogP contribution < -0.4 is 15.0 Å². The van der Waals surface area contributed by atoms with Gasteiger partial charge in [-0.2, -0.15) is 0 Å². The Kier molecular flexibility index (Phi) is 6.61. The van der Waals surface area contributed by atoms with E-state index in [1.54, 1.807) is 25.4 Å². The van der Waals surface area contributed by atoms with Crippen molar-refractivity contribution in [1.82, 2.24) is 10.3 Å². The molecule has 24 heavy (non-hydrogen) atoms. The predicted molar refractivity (Wildman–Crippen MR) is 96.8 cm³/mol. The van der Waals surface area contributed by atoms with Gasteiger partial charge in [-0.05, 0) is 43.0 Å². The highest BCUT2D eigenvalue weighted by atomic mass is 16.5. The second-order valence-electron chi connectivity index (χ2n) is 5.79. The molecule has 0 saturated heterocycles. The second-order valence-corrected chi connectivity index (χ2v) is 5.79. The van der Waals surface area contributed by atoms with E-state index in [0.717, 1.165) is 25.0 Å². The number of benzene rings is 1. The molecule has 0 atom stereocenters. The minimum Gasteiger partial charge on any atom is -0.496 e. The number of pyridine rings is 1. The van der Waals surface area contributed by atoms with E-state index >= 15 is 0 Å². The molecule has 2 rings (SSSR count). The molecule has 0 saturated carbocycles. The van der Waals surface area contributed by atoms with E-state index in [1.807, 2.05) is 37.2 Å². The summed E-state index contributed by atoms with van der Waals surface area (Å²) in [7, 11) is 5.45. The van der Waals surface area contributed by atoms with E-state index < -0.39 is 0 Å². The van der Waals surface area contributed by atoms with Crippen molar-refractivity contribution in [2.24, 2.45) is 0 Å². The number of rotatable bonds is 8. The van der Waals surface area contributed by atoms with Crippen LogP contribution in [-0.2, 0) is 6.42 Å². The van der Waals surface area contributed by atoms with Gasteiger partial charge in [-0.15, -0.1) is 0 Å². The number of aryl methyl sites for hydroxylation is 1. The van der Waals surface area contributed by atoms with E-state index in [0.29, 0.717) is 17.9 Å². The van der Waals surface area contributed by atoms with Gasteiger partial charge in [-0.1, -0.05) is 18.2 Å². The number of hydrogen-bond acceptors (Lipinski definition) is 4. The van der Waals surface area contributed by atoms with Crippen LogP contribution >= 0.6 is 0 Å². The molecule has 5 nitrogen and oxygen atoms in total. The zero-order valence-corrected chi connectivity index (χ0v) is 14.6. The molecule has 5 heteroatoms. The third-order valence-electron chi connectivity index (χ3n) is 3.81. The average Bonchev–Trinajstić information content (AvgIpc) is 2.61.